The maximum atomic E-state index is 13.4. The highest BCUT2D eigenvalue weighted by Crippen LogP contribution is 2.40. The van der Waals surface area contributed by atoms with E-state index in [1.165, 1.54) is 4.88 Å². The minimum Gasteiger partial charge on any atom is -0.352 e. The number of aromatic nitrogens is 2. The summed E-state index contributed by atoms with van der Waals surface area (Å²) in [6.07, 6.45) is 0.512. The molecule has 1 fully saturated rings. The fourth-order valence-electron chi connectivity index (χ4n) is 3.46. The zero-order chi connectivity index (χ0) is 20.4. The number of likely N-dealkylation sites (N-methyl/N-ethyl adjacent to an activating group) is 1. The molecule has 0 bridgehead atoms. The Bertz CT molecular complexity index is 857. The molecule has 1 amide bonds. The molecule has 2 aliphatic rings. The van der Waals surface area contributed by atoms with Crippen LogP contribution in [0.4, 0.5) is 11.5 Å². The third-order valence-corrected chi connectivity index (χ3v) is 7.27. The Morgan fingerprint density at radius 3 is 2.83 bits per heavy atom. The van der Waals surface area contributed by atoms with Crippen molar-refractivity contribution in [2.45, 2.75) is 31.2 Å². The third-order valence-electron chi connectivity index (χ3n) is 5.08. The van der Waals surface area contributed by atoms with Crippen LogP contribution < -0.4 is 10.2 Å². The Morgan fingerprint density at radius 2 is 2.14 bits per heavy atom. The quantitative estimate of drug-likeness (QED) is 0.410. The van der Waals surface area contributed by atoms with Gasteiger partial charge in [-0.25, -0.2) is 9.97 Å². The van der Waals surface area contributed by atoms with Crippen molar-refractivity contribution in [2.24, 2.45) is 0 Å². The molecule has 29 heavy (non-hydrogen) atoms. The molecule has 0 aromatic carbocycles. The molecule has 2 aromatic heterocycles. The predicted molar refractivity (Wildman–Crippen MR) is 120 cm³/mol. The van der Waals surface area contributed by atoms with E-state index >= 15 is 0 Å². The van der Waals surface area contributed by atoms with Crippen molar-refractivity contribution in [3.8, 4) is 0 Å². The fourth-order valence-corrected chi connectivity index (χ4v) is 5.13. The average molecular weight is 453 g/mol. The van der Waals surface area contributed by atoms with E-state index in [1.807, 2.05) is 21.2 Å². The molecule has 1 atom stereocenters. The normalized spacial score (nSPS) is 19.3. The zero-order valence-corrected chi connectivity index (χ0v) is 19.0. The molecule has 0 saturated carbocycles. The first-order valence-corrected chi connectivity index (χ1v) is 12.0. The van der Waals surface area contributed by atoms with Crippen molar-refractivity contribution < 1.29 is 4.79 Å². The van der Waals surface area contributed by atoms with Gasteiger partial charge in [-0.2, -0.15) is 0 Å². The summed E-state index contributed by atoms with van der Waals surface area (Å²) in [5.41, 5.74) is 0.650. The molecule has 1 unspecified atom stereocenters. The average Bonchev–Trinajstić information content (AvgIpc) is 3.35. The van der Waals surface area contributed by atoms with Gasteiger partial charge in [-0.05, 0) is 24.9 Å². The van der Waals surface area contributed by atoms with Gasteiger partial charge in [-0.1, -0.05) is 36.4 Å². The molecule has 2 aliphatic heterocycles. The van der Waals surface area contributed by atoms with E-state index in [2.05, 4.69) is 35.2 Å². The van der Waals surface area contributed by atoms with Gasteiger partial charge in [0.25, 0.3) is 5.91 Å². The molecule has 7 nitrogen and oxygen atoms in total. The summed E-state index contributed by atoms with van der Waals surface area (Å²) in [6, 6.07) is 4.10. The molecule has 0 aliphatic carbocycles. The van der Waals surface area contributed by atoms with E-state index in [1.54, 1.807) is 23.1 Å². The number of carbonyl (C=O) groups is 1. The van der Waals surface area contributed by atoms with Gasteiger partial charge in [-0.3, -0.25) is 4.79 Å². The Hall–Kier alpha value is -1.55. The van der Waals surface area contributed by atoms with Crippen molar-refractivity contribution in [1.29, 1.82) is 0 Å². The highest BCUT2D eigenvalue weighted by Gasteiger charge is 2.40. The summed E-state index contributed by atoms with van der Waals surface area (Å²) in [5, 5.41) is 6.39. The number of nitrogens with zero attached hydrogens (tertiary/aromatic N) is 5. The molecule has 4 heterocycles. The van der Waals surface area contributed by atoms with Crippen molar-refractivity contribution in [3.05, 3.63) is 27.5 Å². The van der Waals surface area contributed by atoms with Crippen LogP contribution in [0.15, 0.2) is 22.7 Å². The predicted octanol–water partition coefficient (Wildman–Crippen LogP) is 3.23. The first-order chi connectivity index (χ1) is 14.1. The van der Waals surface area contributed by atoms with Crippen LogP contribution in [0.2, 0.25) is 5.15 Å². The van der Waals surface area contributed by atoms with Gasteiger partial charge in [0.2, 0.25) is 0 Å². The number of carbonyl (C=O) groups excluding carboxylic acids is 1. The van der Waals surface area contributed by atoms with Gasteiger partial charge in [0.05, 0.1) is 6.54 Å². The summed E-state index contributed by atoms with van der Waals surface area (Å²) in [6.45, 7) is 5.95. The lowest BCUT2D eigenvalue weighted by molar-refractivity contribution is -0.133. The third kappa shape index (κ3) is 4.47. The number of anilines is 2. The Balaban J connectivity index is 1.63. The van der Waals surface area contributed by atoms with Crippen LogP contribution in [-0.4, -0.2) is 70.8 Å². The molecule has 156 valence electrons. The minimum absolute atomic E-state index is 0.0616. The van der Waals surface area contributed by atoms with Gasteiger partial charge >= 0.3 is 0 Å². The van der Waals surface area contributed by atoms with Crippen molar-refractivity contribution >= 4 is 52.1 Å². The number of nitrogens with one attached hydrogen (secondary N) is 1. The number of thioether (sulfide) groups is 1. The summed E-state index contributed by atoms with van der Waals surface area (Å²) >= 11 is 9.76. The lowest BCUT2D eigenvalue weighted by atomic mass is 10.3. The van der Waals surface area contributed by atoms with Gasteiger partial charge in [-0.15, -0.1) is 11.3 Å². The molecule has 2 aromatic rings. The monoisotopic (exact) mass is 452 g/mol. The van der Waals surface area contributed by atoms with Gasteiger partial charge in [0.15, 0.2) is 22.3 Å². The van der Waals surface area contributed by atoms with Gasteiger partial charge < -0.3 is 20.0 Å². The highest BCUT2D eigenvalue weighted by atomic mass is 35.5. The van der Waals surface area contributed by atoms with Crippen molar-refractivity contribution in [2.75, 3.05) is 49.2 Å². The molecule has 0 spiro atoms. The van der Waals surface area contributed by atoms with Crippen LogP contribution in [0.5, 0.6) is 0 Å². The number of halogens is 1. The van der Waals surface area contributed by atoms with Crippen LogP contribution in [0.25, 0.3) is 0 Å². The summed E-state index contributed by atoms with van der Waals surface area (Å²) in [4.78, 5) is 30.0. The lowest BCUT2D eigenvalue weighted by Gasteiger charge is -2.36. The molecule has 1 saturated heterocycles. The largest absolute Gasteiger partial charge is 0.352 e. The maximum Gasteiger partial charge on any atom is 0.266 e. The Morgan fingerprint density at radius 1 is 1.34 bits per heavy atom. The summed E-state index contributed by atoms with van der Waals surface area (Å²) in [5.74, 6) is 1.70. The zero-order valence-electron chi connectivity index (χ0n) is 16.6. The van der Waals surface area contributed by atoms with E-state index in [-0.39, 0.29) is 5.91 Å². The first-order valence-electron chi connectivity index (χ1n) is 9.80. The second-order valence-electron chi connectivity index (χ2n) is 7.23. The topological polar surface area (TPSA) is 64.6 Å². The van der Waals surface area contributed by atoms with Crippen LogP contribution in [0, 0.1) is 0 Å². The van der Waals surface area contributed by atoms with E-state index in [9.17, 15) is 4.79 Å². The number of piperazine rings is 1. The first kappa shape index (κ1) is 20.7. The number of fused-ring (bicyclic) bond motifs is 1. The van der Waals surface area contributed by atoms with Crippen molar-refractivity contribution in [1.82, 2.24) is 19.8 Å². The second-order valence-corrected chi connectivity index (χ2v) is 9.68. The van der Waals surface area contributed by atoms with Gasteiger partial charge in [0.1, 0.15) is 5.69 Å². The molecular formula is C19H25ClN6OS2. The van der Waals surface area contributed by atoms with Crippen LogP contribution >= 0.6 is 34.7 Å². The summed E-state index contributed by atoms with van der Waals surface area (Å²) in [7, 11) is 2.08. The molecule has 0 radical (unpaired) electrons. The SMILES string of the molecule is CCCSc1nc(Cl)c2c(n1)N(Cc1cccs1)C(C(=O)N1CCN(C)CC1)N2. The van der Waals surface area contributed by atoms with E-state index in [4.69, 9.17) is 16.6 Å². The van der Waals surface area contributed by atoms with E-state index in [0.717, 1.165) is 38.4 Å². The van der Waals surface area contributed by atoms with Crippen LogP contribution in [-0.2, 0) is 11.3 Å². The Labute approximate surface area is 184 Å². The minimum atomic E-state index is -0.520. The van der Waals surface area contributed by atoms with Crippen LogP contribution in [0.3, 0.4) is 0 Å². The maximum absolute atomic E-state index is 13.4. The fraction of sp³-hybridized carbons (Fsp3) is 0.526. The van der Waals surface area contributed by atoms with E-state index < -0.39 is 6.17 Å². The van der Waals surface area contributed by atoms with Crippen molar-refractivity contribution in [3.63, 3.8) is 0 Å². The summed E-state index contributed by atoms with van der Waals surface area (Å²) < 4.78 is 0. The number of hydrogen-bond donors (Lipinski definition) is 1. The number of amides is 1. The van der Waals surface area contributed by atoms with E-state index in [0.29, 0.717) is 28.4 Å². The second kappa shape index (κ2) is 9.07. The molecule has 4 rings (SSSR count). The highest BCUT2D eigenvalue weighted by molar-refractivity contribution is 7.99. The molecular weight excluding hydrogens is 428 g/mol. The smallest absolute Gasteiger partial charge is 0.266 e. The lowest BCUT2D eigenvalue weighted by Crippen LogP contribution is -2.55. The standard InChI is InChI=1S/C19H25ClN6OS2/c1-3-10-29-19-22-15(20)14-16(23-19)26(12-13-5-4-11-28-13)17(21-14)18(27)25-8-6-24(2)7-9-25/h4-5,11,17,21H,3,6-10,12H2,1-2H3. The van der Waals surface area contributed by atoms with Gasteiger partial charge in [0, 0.05) is 36.8 Å². The van der Waals surface area contributed by atoms with Crippen LogP contribution in [0.1, 0.15) is 18.2 Å². The molecule has 1 N–H and O–H groups in total. The number of hydrogen-bond acceptors (Lipinski definition) is 8. The molecule has 10 heteroatoms. The number of thiophene rings is 1. The Kier molecular flexibility index (Phi) is 6.48. The number of rotatable bonds is 6.